The standard InChI is InChI=1S/C6H5.3C4H8O.2ClH.Pr/c1-2-4-6-5-3-1;3*1-2-4-5-3-1;;;/h1-5H;3*1-4H2;2*1H;/q-1;;;;;;. The second-order valence-electron chi connectivity index (χ2n) is 5.04. The summed E-state index contributed by atoms with van der Waals surface area (Å²) in [5.41, 5.74) is 0. The first-order valence-electron chi connectivity index (χ1n) is 8.14. The second kappa shape index (κ2) is 26.3. The molecule has 0 aliphatic carbocycles. The quantitative estimate of drug-likeness (QED) is 0.476. The van der Waals surface area contributed by atoms with Crippen molar-refractivity contribution in [3.8, 4) is 0 Å². The summed E-state index contributed by atoms with van der Waals surface area (Å²) in [5, 5.41) is 0. The molecule has 0 bridgehead atoms. The van der Waals surface area contributed by atoms with E-state index in [1.54, 1.807) is 0 Å². The van der Waals surface area contributed by atoms with Crippen molar-refractivity contribution in [1.29, 1.82) is 0 Å². The fourth-order valence-corrected chi connectivity index (χ4v) is 1.87. The molecule has 4 rings (SSSR count). The van der Waals surface area contributed by atoms with E-state index in [2.05, 4.69) is 6.07 Å². The number of benzene rings is 1. The van der Waals surface area contributed by atoms with Crippen molar-refractivity contribution in [1.82, 2.24) is 0 Å². The maximum absolute atomic E-state index is 4.94. The molecule has 0 saturated carbocycles. The molecule has 3 saturated heterocycles. The molecule has 1 radical (unpaired) electrons. The molecule has 3 heterocycles. The number of hydrogen-bond donors (Lipinski definition) is 0. The van der Waals surface area contributed by atoms with Crippen LogP contribution in [0.3, 0.4) is 0 Å². The van der Waals surface area contributed by atoms with Gasteiger partial charge in [-0.25, -0.2) is 0 Å². The van der Waals surface area contributed by atoms with E-state index in [-0.39, 0.29) is 66.1 Å². The van der Waals surface area contributed by atoms with E-state index >= 15 is 0 Å². The number of hydrogen-bond acceptors (Lipinski definition) is 3. The van der Waals surface area contributed by atoms with E-state index in [0.717, 1.165) is 39.6 Å². The summed E-state index contributed by atoms with van der Waals surface area (Å²) >= 11 is 0. The van der Waals surface area contributed by atoms with Gasteiger partial charge >= 0.3 is 0 Å². The minimum atomic E-state index is 0. The van der Waals surface area contributed by atoms with Gasteiger partial charge in [-0.3, -0.25) is 0 Å². The average molecular weight is 507 g/mol. The van der Waals surface area contributed by atoms with Gasteiger partial charge in [0.15, 0.2) is 0 Å². The van der Waals surface area contributed by atoms with Crippen molar-refractivity contribution in [2.24, 2.45) is 0 Å². The van der Waals surface area contributed by atoms with Crippen LogP contribution in [0.4, 0.5) is 0 Å². The Labute approximate surface area is 193 Å². The molecule has 24 heavy (non-hydrogen) atoms. The van der Waals surface area contributed by atoms with Gasteiger partial charge in [-0.15, -0.1) is 24.8 Å². The van der Waals surface area contributed by atoms with E-state index in [1.165, 1.54) is 38.5 Å². The summed E-state index contributed by atoms with van der Waals surface area (Å²) in [4.78, 5) is 0. The van der Waals surface area contributed by atoms with Gasteiger partial charge in [-0.1, -0.05) is 0 Å². The molecule has 0 amide bonds. The molecule has 0 unspecified atom stereocenters. The van der Waals surface area contributed by atoms with Crippen LogP contribution in [0.15, 0.2) is 30.3 Å². The van der Waals surface area contributed by atoms with Crippen LogP contribution in [0, 0.1) is 47.4 Å². The van der Waals surface area contributed by atoms with Crippen molar-refractivity contribution >= 4 is 24.8 Å². The molecule has 0 N–H and O–H groups in total. The van der Waals surface area contributed by atoms with Gasteiger partial charge in [0.2, 0.25) is 0 Å². The molecule has 1 aromatic carbocycles. The molecular formula is C18H31Cl2O3Pr-. The van der Waals surface area contributed by atoms with Crippen LogP contribution in [-0.4, -0.2) is 39.6 Å². The van der Waals surface area contributed by atoms with Crippen LogP contribution in [0.1, 0.15) is 38.5 Å². The summed E-state index contributed by atoms with van der Waals surface area (Å²) in [5.74, 6) is 0. The van der Waals surface area contributed by atoms with Crippen LogP contribution in [0.5, 0.6) is 0 Å². The van der Waals surface area contributed by atoms with E-state index in [4.69, 9.17) is 14.2 Å². The van der Waals surface area contributed by atoms with E-state index < -0.39 is 0 Å². The molecule has 0 atom stereocenters. The Bertz CT molecular complexity index is 220. The minimum Gasteiger partial charge on any atom is -0.381 e. The summed E-state index contributed by atoms with van der Waals surface area (Å²) in [6.07, 6.45) is 7.67. The third-order valence-electron chi connectivity index (χ3n) is 3.09. The average Bonchev–Trinajstić information content (AvgIpc) is 3.38. The predicted molar refractivity (Wildman–Crippen MR) is 99.9 cm³/mol. The van der Waals surface area contributed by atoms with Crippen LogP contribution < -0.4 is 0 Å². The van der Waals surface area contributed by atoms with Gasteiger partial charge in [0, 0.05) is 80.9 Å². The molecule has 1 aromatic rings. The summed E-state index contributed by atoms with van der Waals surface area (Å²) in [6, 6.07) is 12.5. The molecule has 0 aromatic heterocycles. The third kappa shape index (κ3) is 23.0. The monoisotopic (exact) mass is 506 g/mol. The third-order valence-corrected chi connectivity index (χ3v) is 3.09. The normalized spacial score (nSPS) is 17.0. The van der Waals surface area contributed by atoms with Gasteiger partial charge in [-0.2, -0.15) is 36.4 Å². The van der Waals surface area contributed by atoms with Gasteiger partial charge in [0.25, 0.3) is 0 Å². The zero-order valence-electron chi connectivity index (χ0n) is 14.5. The minimum absolute atomic E-state index is 0. The number of ether oxygens (including phenoxy) is 3. The Morgan fingerprint density at radius 3 is 0.875 bits per heavy atom. The van der Waals surface area contributed by atoms with Gasteiger partial charge in [0.1, 0.15) is 0 Å². The molecule has 6 heteroatoms. The first-order chi connectivity index (χ1) is 10.5. The van der Waals surface area contributed by atoms with Crippen molar-refractivity contribution in [2.45, 2.75) is 38.5 Å². The van der Waals surface area contributed by atoms with E-state index in [9.17, 15) is 0 Å². The summed E-state index contributed by atoms with van der Waals surface area (Å²) < 4.78 is 14.8. The Morgan fingerprint density at radius 1 is 0.500 bits per heavy atom. The van der Waals surface area contributed by atoms with E-state index in [1.807, 2.05) is 30.3 Å². The van der Waals surface area contributed by atoms with Crippen molar-refractivity contribution in [2.75, 3.05) is 39.6 Å². The SMILES string of the molecule is C1CCOC1.C1CCOC1.C1CCOC1.Cl.Cl.[Pr].[c-]1ccccc1. The van der Waals surface area contributed by atoms with E-state index in [0.29, 0.717) is 0 Å². The van der Waals surface area contributed by atoms with Crippen molar-refractivity contribution in [3.63, 3.8) is 0 Å². The molecule has 0 spiro atoms. The van der Waals surface area contributed by atoms with Crippen LogP contribution in [-0.2, 0) is 14.2 Å². The Morgan fingerprint density at radius 2 is 0.792 bits per heavy atom. The maximum Gasteiger partial charge on any atom is 0.0466 e. The zero-order valence-corrected chi connectivity index (χ0v) is 19.8. The van der Waals surface area contributed by atoms with Crippen molar-refractivity contribution < 1.29 is 55.5 Å². The zero-order chi connectivity index (χ0) is 14.8. The first kappa shape index (κ1) is 29.8. The summed E-state index contributed by atoms with van der Waals surface area (Å²) in [7, 11) is 0. The first-order valence-corrected chi connectivity index (χ1v) is 8.14. The molecule has 3 nitrogen and oxygen atoms in total. The largest absolute Gasteiger partial charge is 0.381 e. The Hall–Kier alpha value is 1.04. The molecule has 3 fully saturated rings. The molecule has 139 valence electrons. The predicted octanol–water partition coefficient (Wildman–Crippen LogP) is 4.72. The molecule has 3 aliphatic heterocycles. The Kier molecular flexibility index (Phi) is 32.6. The van der Waals surface area contributed by atoms with Gasteiger partial charge < -0.3 is 14.2 Å². The molecule has 3 aliphatic rings. The summed E-state index contributed by atoms with van der Waals surface area (Å²) in [6.45, 7) is 6.00. The number of halogens is 2. The Balaban J connectivity index is -0.000000236. The molecular weight excluding hydrogens is 476 g/mol. The van der Waals surface area contributed by atoms with Crippen LogP contribution >= 0.6 is 24.8 Å². The topological polar surface area (TPSA) is 27.7 Å². The van der Waals surface area contributed by atoms with Crippen LogP contribution in [0.25, 0.3) is 0 Å². The van der Waals surface area contributed by atoms with Gasteiger partial charge in [-0.05, 0) is 38.5 Å². The fourth-order valence-electron chi connectivity index (χ4n) is 1.87. The maximum atomic E-state index is 4.94. The number of rotatable bonds is 0. The van der Waals surface area contributed by atoms with Crippen molar-refractivity contribution in [3.05, 3.63) is 36.4 Å². The second-order valence-corrected chi connectivity index (χ2v) is 5.04. The van der Waals surface area contributed by atoms with Crippen LogP contribution in [0.2, 0.25) is 0 Å². The fraction of sp³-hybridized carbons (Fsp3) is 0.667. The smallest absolute Gasteiger partial charge is 0.0466 e. The van der Waals surface area contributed by atoms with Gasteiger partial charge in [0.05, 0.1) is 0 Å².